The summed E-state index contributed by atoms with van der Waals surface area (Å²) in [6, 6.07) is -1.50. The monoisotopic (exact) mass is 232 g/mol. The summed E-state index contributed by atoms with van der Waals surface area (Å²) in [4.78, 5) is 31.9. The second-order valence-corrected chi connectivity index (χ2v) is 2.82. The van der Waals surface area contributed by atoms with Crippen LogP contribution >= 0.6 is 0 Å². The molecule has 1 amide bonds. The Bertz CT molecular complexity index is 316. The predicted molar refractivity (Wildman–Crippen MR) is 51.7 cm³/mol. The average molecular weight is 232 g/mol. The van der Waals surface area contributed by atoms with Crippen LogP contribution in [-0.4, -0.2) is 46.6 Å². The molecule has 90 valence electrons. The highest BCUT2D eigenvalue weighted by atomic mass is 16.4. The van der Waals surface area contributed by atoms with Crippen molar-refractivity contribution in [3.8, 4) is 0 Å². The van der Waals surface area contributed by atoms with Crippen LogP contribution < -0.4 is 16.4 Å². The van der Waals surface area contributed by atoms with Gasteiger partial charge < -0.3 is 26.6 Å². The van der Waals surface area contributed by atoms with E-state index in [0.717, 1.165) is 0 Å². The molecule has 0 aliphatic heterocycles. The first-order chi connectivity index (χ1) is 7.32. The first-order valence-corrected chi connectivity index (χ1v) is 4.14. The van der Waals surface area contributed by atoms with Gasteiger partial charge in [0.1, 0.15) is 6.04 Å². The minimum atomic E-state index is -1.50. The molecular weight excluding hydrogens is 220 g/mol. The lowest BCUT2D eigenvalue weighted by atomic mass is 10.2. The lowest BCUT2D eigenvalue weighted by Gasteiger charge is -2.12. The highest BCUT2D eigenvalue weighted by molar-refractivity contribution is 5.89. The Morgan fingerprint density at radius 3 is 2.25 bits per heavy atom. The van der Waals surface area contributed by atoms with Gasteiger partial charge >= 0.3 is 11.9 Å². The minimum Gasteiger partial charge on any atom is -0.481 e. The Balaban J connectivity index is 4.18. The smallest absolute Gasteiger partial charge is 0.326 e. The number of guanidine groups is 1. The Hall–Kier alpha value is -2.32. The third-order valence-electron chi connectivity index (χ3n) is 1.45. The lowest BCUT2D eigenvalue weighted by molar-refractivity contribution is -0.147. The van der Waals surface area contributed by atoms with Gasteiger partial charge in [-0.25, -0.2) is 4.79 Å². The second-order valence-electron chi connectivity index (χ2n) is 2.82. The fourth-order valence-corrected chi connectivity index (χ4v) is 0.796. The normalized spacial score (nSPS) is 11.2. The van der Waals surface area contributed by atoms with E-state index in [1.807, 2.05) is 5.32 Å². The fraction of sp³-hybridized carbons (Fsp3) is 0.429. The zero-order valence-corrected chi connectivity index (χ0v) is 8.19. The number of carboxylic acid groups (broad SMARTS) is 2. The van der Waals surface area contributed by atoms with Gasteiger partial charge in [-0.3, -0.25) is 15.0 Å². The lowest BCUT2D eigenvalue weighted by Crippen LogP contribution is -2.47. The quantitative estimate of drug-likeness (QED) is 0.217. The maximum absolute atomic E-state index is 11.1. The molecule has 7 N–H and O–H groups in total. The van der Waals surface area contributed by atoms with Crippen LogP contribution in [0.5, 0.6) is 0 Å². The van der Waals surface area contributed by atoms with E-state index in [4.69, 9.17) is 21.4 Å². The van der Waals surface area contributed by atoms with Gasteiger partial charge in [-0.05, 0) is 0 Å². The number of nitrogens with one attached hydrogen (secondary N) is 3. The van der Waals surface area contributed by atoms with Crippen LogP contribution in [0.3, 0.4) is 0 Å². The Kier molecular flexibility index (Phi) is 5.32. The van der Waals surface area contributed by atoms with Crippen molar-refractivity contribution in [3.63, 3.8) is 0 Å². The molecule has 0 aromatic carbocycles. The molecule has 0 spiro atoms. The van der Waals surface area contributed by atoms with Crippen LogP contribution in [0.25, 0.3) is 0 Å². The molecule has 1 atom stereocenters. The minimum absolute atomic E-state index is 0.390. The summed E-state index contributed by atoms with van der Waals surface area (Å²) >= 11 is 0. The molecule has 0 aromatic heterocycles. The van der Waals surface area contributed by atoms with Crippen molar-refractivity contribution in [2.24, 2.45) is 5.73 Å². The molecule has 0 bridgehead atoms. The number of carboxylic acids is 2. The largest absolute Gasteiger partial charge is 0.481 e. The van der Waals surface area contributed by atoms with Crippen LogP contribution in [0.4, 0.5) is 0 Å². The van der Waals surface area contributed by atoms with Crippen molar-refractivity contribution in [3.05, 3.63) is 0 Å². The van der Waals surface area contributed by atoms with Crippen molar-refractivity contribution in [2.45, 2.75) is 12.5 Å². The maximum Gasteiger partial charge on any atom is 0.326 e. The molecule has 0 rings (SSSR count). The topological polar surface area (TPSA) is 166 Å². The molecule has 0 saturated carbocycles. The van der Waals surface area contributed by atoms with Gasteiger partial charge in [-0.1, -0.05) is 0 Å². The van der Waals surface area contributed by atoms with E-state index < -0.39 is 42.8 Å². The molecule has 0 aliphatic carbocycles. The van der Waals surface area contributed by atoms with Gasteiger partial charge in [0.15, 0.2) is 5.96 Å². The molecule has 0 heterocycles. The van der Waals surface area contributed by atoms with E-state index in [-0.39, 0.29) is 0 Å². The van der Waals surface area contributed by atoms with Gasteiger partial charge in [0, 0.05) is 0 Å². The van der Waals surface area contributed by atoms with Crippen molar-refractivity contribution in [2.75, 3.05) is 6.54 Å². The van der Waals surface area contributed by atoms with Crippen LogP contribution in [0.15, 0.2) is 0 Å². The van der Waals surface area contributed by atoms with Gasteiger partial charge in [0.2, 0.25) is 5.91 Å². The van der Waals surface area contributed by atoms with E-state index in [9.17, 15) is 14.4 Å². The summed E-state index contributed by atoms with van der Waals surface area (Å²) < 4.78 is 0. The molecule has 0 radical (unpaired) electrons. The average Bonchev–Trinajstić information content (AvgIpc) is 2.12. The zero-order chi connectivity index (χ0) is 12.7. The summed E-state index contributed by atoms with van der Waals surface area (Å²) in [5, 5.41) is 27.8. The number of hydrogen-bond acceptors (Lipinski definition) is 4. The summed E-state index contributed by atoms with van der Waals surface area (Å²) in [6.07, 6.45) is -0.721. The van der Waals surface area contributed by atoms with Gasteiger partial charge in [-0.15, -0.1) is 0 Å². The molecule has 0 aliphatic rings. The fourth-order valence-electron chi connectivity index (χ4n) is 0.796. The van der Waals surface area contributed by atoms with Crippen LogP contribution in [0.1, 0.15) is 6.42 Å². The zero-order valence-electron chi connectivity index (χ0n) is 8.19. The molecule has 9 nitrogen and oxygen atoms in total. The van der Waals surface area contributed by atoms with Crippen LogP contribution in [0.2, 0.25) is 0 Å². The molecular formula is C7H12N4O5. The number of aliphatic carboxylic acids is 2. The Labute approximate surface area is 90.1 Å². The summed E-state index contributed by atoms with van der Waals surface area (Å²) in [5.74, 6) is -3.99. The Morgan fingerprint density at radius 1 is 1.31 bits per heavy atom. The van der Waals surface area contributed by atoms with Gasteiger partial charge in [-0.2, -0.15) is 0 Å². The first-order valence-electron chi connectivity index (χ1n) is 4.14. The van der Waals surface area contributed by atoms with Crippen molar-refractivity contribution >= 4 is 23.8 Å². The molecule has 9 heteroatoms. The molecule has 0 unspecified atom stereocenters. The van der Waals surface area contributed by atoms with Gasteiger partial charge in [0.25, 0.3) is 0 Å². The van der Waals surface area contributed by atoms with E-state index in [1.165, 1.54) is 0 Å². The standard InChI is InChI=1S/C7H12N4O5/c8-7(9)10-2-4(12)11-3(6(15)16)1-5(13)14/h3H,1-2H2,(H,11,12)(H,13,14)(H,15,16)(H4,8,9,10)/t3-/m0/s1. The maximum atomic E-state index is 11.1. The van der Waals surface area contributed by atoms with Gasteiger partial charge in [0.05, 0.1) is 13.0 Å². The number of amides is 1. The molecule has 0 fully saturated rings. The third-order valence-corrected chi connectivity index (χ3v) is 1.45. The van der Waals surface area contributed by atoms with Crippen molar-refractivity contribution in [1.29, 1.82) is 5.41 Å². The number of carbonyl (C=O) groups is 3. The summed E-state index contributed by atoms with van der Waals surface area (Å²) in [7, 11) is 0. The molecule has 0 saturated heterocycles. The van der Waals surface area contributed by atoms with E-state index in [0.29, 0.717) is 0 Å². The van der Waals surface area contributed by atoms with Crippen molar-refractivity contribution < 1.29 is 24.6 Å². The van der Waals surface area contributed by atoms with E-state index >= 15 is 0 Å². The molecule has 0 aromatic rings. The Morgan fingerprint density at radius 2 is 1.88 bits per heavy atom. The summed E-state index contributed by atoms with van der Waals surface area (Å²) in [6.45, 7) is -0.390. The summed E-state index contributed by atoms with van der Waals surface area (Å²) in [5.41, 5.74) is 4.89. The second kappa shape index (κ2) is 6.22. The van der Waals surface area contributed by atoms with Crippen LogP contribution in [0, 0.1) is 5.41 Å². The highest BCUT2D eigenvalue weighted by Gasteiger charge is 2.22. The van der Waals surface area contributed by atoms with E-state index in [2.05, 4.69) is 5.32 Å². The predicted octanol–water partition coefficient (Wildman–Crippen LogP) is -2.49. The number of carbonyl (C=O) groups excluding carboxylic acids is 1. The van der Waals surface area contributed by atoms with Crippen molar-refractivity contribution in [1.82, 2.24) is 10.6 Å². The van der Waals surface area contributed by atoms with E-state index in [1.54, 1.807) is 0 Å². The number of rotatable bonds is 6. The third kappa shape index (κ3) is 6.18. The number of hydrogen-bond donors (Lipinski definition) is 6. The molecule has 16 heavy (non-hydrogen) atoms. The van der Waals surface area contributed by atoms with Crippen LogP contribution in [-0.2, 0) is 14.4 Å². The highest BCUT2D eigenvalue weighted by Crippen LogP contribution is 1.92. The first kappa shape index (κ1) is 13.7. The SMILES string of the molecule is N=C(N)NCC(=O)N[C@@H](CC(=O)O)C(=O)O. The number of nitrogens with two attached hydrogens (primary N) is 1.